The summed E-state index contributed by atoms with van der Waals surface area (Å²) < 4.78 is 6.28. The van der Waals surface area contributed by atoms with Gasteiger partial charge in [-0.1, -0.05) is 38.3 Å². The van der Waals surface area contributed by atoms with Crippen LogP contribution < -0.4 is 0 Å². The zero-order valence-corrected chi connectivity index (χ0v) is 18.1. The molecule has 3 unspecified atom stereocenters. The highest BCUT2D eigenvalue weighted by atomic mass is 16.5. The second-order valence-corrected chi connectivity index (χ2v) is 11.4. The zero-order chi connectivity index (χ0) is 19.7. The van der Waals surface area contributed by atoms with Crippen molar-refractivity contribution >= 4 is 0 Å². The third kappa shape index (κ3) is 2.51. The largest absolute Gasteiger partial charge is 0.393 e. The molecule has 0 aliphatic heterocycles. The van der Waals surface area contributed by atoms with E-state index >= 15 is 0 Å². The van der Waals surface area contributed by atoms with Crippen molar-refractivity contribution in [1.29, 1.82) is 0 Å². The molecule has 2 N–H and O–H groups in total. The van der Waals surface area contributed by atoms with Crippen molar-refractivity contribution in [1.82, 2.24) is 0 Å². The van der Waals surface area contributed by atoms with Crippen molar-refractivity contribution in [3.8, 4) is 0 Å². The van der Waals surface area contributed by atoms with Gasteiger partial charge in [-0.3, -0.25) is 0 Å². The van der Waals surface area contributed by atoms with Crippen LogP contribution in [0.15, 0.2) is 11.6 Å². The normalized spacial score (nSPS) is 52.5. The van der Waals surface area contributed by atoms with Crippen LogP contribution in [0.2, 0.25) is 0 Å². The van der Waals surface area contributed by atoms with Crippen molar-refractivity contribution in [3.63, 3.8) is 0 Å². The van der Waals surface area contributed by atoms with Crippen LogP contribution in [-0.2, 0) is 4.74 Å². The number of fused-ring (bicyclic) bond motifs is 5. The van der Waals surface area contributed by atoms with Crippen molar-refractivity contribution in [2.75, 3.05) is 7.11 Å². The molecule has 5 aliphatic rings. The Kier molecular flexibility index (Phi) is 4.58. The lowest BCUT2D eigenvalue weighted by Crippen LogP contribution is -2.56. The second-order valence-electron chi connectivity index (χ2n) is 11.4. The van der Waals surface area contributed by atoms with Crippen LogP contribution in [0.5, 0.6) is 0 Å². The second kappa shape index (κ2) is 6.56. The fourth-order valence-electron chi connectivity index (χ4n) is 9.16. The van der Waals surface area contributed by atoms with Gasteiger partial charge in [-0.2, -0.15) is 0 Å². The average molecular weight is 389 g/mol. The molecule has 0 spiro atoms. The Balaban J connectivity index is 1.49. The number of hydrogen-bond donors (Lipinski definition) is 2. The molecule has 5 rings (SSSR count). The van der Waals surface area contributed by atoms with E-state index in [1.165, 1.54) is 56.9 Å². The van der Waals surface area contributed by atoms with E-state index < -0.39 is 0 Å². The lowest BCUT2D eigenvalue weighted by Gasteiger charge is -2.60. The molecule has 3 heteroatoms. The lowest BCUT2D eigenvalue weighted by molar-refractivity contribution is -0.137. The Labute approximate surface area is 170 Å². The first-order valence-corrected chi connectivity index (χ1v) is 12.0. The minimum absolute atomic E-state index is 0.0931. The fraction of sp³-hybridized carbons (Fsp3) is 0.920. The lowest BCUT2D eigenvalue weighted by atomic mass is 9.46. The minimum Gasteiger partial charge on any atom is -0.393 e. The van der Waals surface area contributed by atoms with Crippen LogP contribution >= 0.6 is 0 Å². The van der Waals surface area contributed by atoms with Crippen LogP contribution in [0, 0.1) is 34.5 Å². The molecule has 28 heavy (non-hydrogen) atoms. The Morgan fingerprint density at radius 2 is 1.68 bits per heavy atom. The summed E-state index contributed by atoms with van der Waals surface area (Å²) in [6, 6.07) is 0. The maximum Gasteiger partial charge on any atom is 0.0757 e. The molecule has 4 saturated carbocycles. The number of hydrogen-bond acceptors (Lipinski definition) is 3. The number of aliphatic hydroxyl groups excluding tert-OH is 2. The molecule has 0 aromatic heterocycles. The molecule has 158 valence electrons. The first-order valence-electron chi connectivity index (χ1n) is 12.0. The van der Waals surface area contributed by atoms with E-state index in [2.05, 4.69) is 19.9 Å². The summed E-state index contributed by atoms with van der Waals surface area (Å²) in [4.78, 5) is 0. The van der Waals surface area contributed by atoms with Crippen LogP contribution in [0.25, 0.3) is 0 Å². The van der Waals surface area contributed by atoms with Gasteiger partial charge in [0.1, 0.15) is 0 Å². The summed E-state index contributed by atoms with van der Waals surface area (Å²) in [6.45, 7) is 4.99. The maximum atomic E-state index is 11.3. The molecule has 0 saturated heterocycles. The highest BCUT2D eigenvalue weighted by molar-refractivity contribution is 5.28. The Hall–Kier alpha value is -0.380. The van der Waals surface area contributed by atoms with E-state index in [0.29, 0.717) is 29.1 Å². The van der Waals surface area contributed by atoms with E-state index in [4.69, 9.17) is 4.74 Å². The van der Waals surface area contributed by atoms with Gasteiger partial charge in [-0.15, -0.1) is 0 Å². The summed E-state index contributed by atoms with van der Waals surface area (Å²) in [6.07, 6.45) is 14.5. The van der Waals surface area contributed by atoms with Gasteiger partial charge in [-0.25, -0.2) is 0 Å². The molecular weight excluding hydrogens is 348 g/mol. The fourth-order valence-corrected chi connectivity index (χ4v) is 9.16. The topological polar surface area (TPSA) is 49.7 Å². The number of ether oxygens (including phenoxy) is 1. The molecule has 0 radical (unpaired) electrons. The van der Waals surface area contributed by atoms with E-state index in [1.807, 2.05) is 7.11 Å². The predicted octanol–water partition coefficient (Wildman–Crippen LogP) is 4.86. The van der Waals surface area contributed by atoms with Crippen LogP contribution in [0.1, 0.15) is 84.5 Å². The molecule has 0 aromatic carbocycles. The summed E-state index contributed by atoms with van der Waals surface area (Å²) >= 11 is 0. The molecule has 8 atom stereocenters. The Bertz CT molecular complexity index is 650. The van der Waals surface area contributed by atoms with Gasteiger partial charge in [-0.05, 0) is 92.3 Å². The van der Waals surface area contributed by atoms with Gasteiger partial charge >= 0.3 is 0 Å². The molecule has 0 bridgehead atoms. The molecular formula is C25H40O3. The summed E-state index contributed by atoms with van der Waals surface area (Å²) in [5.74, 6) is 2.23. The average Bonchev–Trinajstić information content (AvgIpc) is 3.28. The van der Waals surface area contributed by atoms with Gasteiger partial charge in [0, 0.05) is 7.11 Å². The first-order chi connectivity index (χ1) is 13.3. The van der Waals surface area contributed by atoms with Gasteiger partial charge < -0.3 is 14.9 Å². The van der Waals surface area contributed by atoms with Crippen LogP contribution in [0.3, 0.4) is 0 Å². The molecule has 0 aromatic rings. The smallest absolute Gasteiger partial charge is 0.0757 e. The number of aliphatic hydroxyl groups is 2. The zero-order valence-electron chi connectivity index (χ0n) is 18.1. The highest BCUT2D eigenvalue weighted by Gasteiger charge is 2.64. The third-order valence-electron chi connectivity index (χ3n) is 10.6. The van der Waals surface area contributed by atoms with Crippen LogP contribution in [0.4, 0.5) is 0 Å². The van der Waals surface area contributed by atoms with Crippen molar-refractivity contribution in [2.24, 2.45) is 34.5 Å². The van der Waals surface area contributed by atoms with E-state index in [0.717, 1.165) is 19.3 Å². The quantitative estimate of drug-likeness (QED) is 0.665. The van der Waals surface area contributed by atoms with Crippen molar-refractivity contribution < 1.29 is 14.9 Å². The van der Waals surface area contributed by atoms with Crippen LogP contribution in [-0.4, -0.2) is 35.1 Å². The van der Waals surface area contributed by atoms with Crippen molar-refractivity contribution in [3.05, 3.63) is 11.6 Å². The molecule has 0 amide bonds. The minimum atomic E-state index is -0.330. The molecule has 0 heterocycles. The molecule has 3 nitrogen and oxygen atoms in total. The maximum absolute atomic E-state index is 11.3. The third-order valence-corrected chi connectivity index (χ3v) is 10.6. The Morgan fingerprint density at radius 1 is 0.929 bits per heavy atom. The summed E-state index contributed by atoms with van der Waals surface area (Å²) in [7, 11) is 1.95. The highest BCUT2D eigenvalue weighted by Crippen LogP contribution is 2.68. The van der Waals surface area contributed by atoms with Gasteiger partial charge in [0.2, 0.25) is 0 Å². The van der Waals surface area contributed by atoms with E-state index in [9.17, 15) is 10.2 Å². The van der Waals surface area contributed by atoms with Gasteiger partial charge in [0.15, 0.2) is 0 Å². The molecule has 4 fully saturated rings. The van der Waals surface area contributed by atoms with Gasteiger partial charge in [0.05, 0.1) is 17.8 Å². The SMILES string of the molecule is COC1([C@H]2CCC3C4C(CC[C@@]32C)[C@@]2(C)CC[C@H](O)CC2=C[C@H]4O)CCCC1. The standard InChI is InChI=1S/C25H40O3/c1-23-12-8-17(26)14-16(23)15-20(27)22-18-6-7-21(24(18,2)13-9-19(22)23)25(28-3)10-4-5-11-25/h15,17-22,26-27H,4-14H2,1-3H3/t17-,18?,19?,20+,21-,22?,23-,24-/m0/s1. The van der Waals surface area contributed by atoms with Gasteiger partial charge in [0.25, 0.3) is 0 Å². The number of rotatable bonds is 2. The summed E-state index contributed by atoms with van der Waals surface area (Å²) in [5.41, 5.74) is 1.94. The molecule has 5 aliphatic carbocycles. The predicted molar refractivity (Wildman–Crippen MR) is 111 cm³/mol. The monoisotopic (exact) mass is 388 g/mol. The number of methoxy groups -OCH3 is 1. The van der Waals surface area contributed by atoms with E-state index in [1.54, 1.807) is 0 Å². The Morgan fingerprint density at radius 3 is 2.39 bits per heavy atom. The van der Waals surface area contributed by atoms with Crippen molar-refractivity contribution in [2.45, 2.75) is 102 Å². The summed E-state index contributed by atoms with van der Waals surface area (Å²) in [5, 5.41) is 21.5. The first kappa shape index (κ1) is 19.6. The van der Waals surface area contributed by atoms with E-state index in [-0.39, 0.29) is 23.2 Å².